The quantitative estimate of drug-likeness (QED) is 0.556. The topological polar surface area (TPSA) is 119 Å². The number of hydrogen-bond donors (Lipinski definition) is 1. The fraction of sp³-hybridized carbons (Fsp3) is 0.200. The van der Waals surface area contributed by atoms with E-state index in [4.69, 9.17) is 14.6 Å². The molecule has 2 N–H and O–H groups in total. The highest BCUT2D eigenvalue weighted by atomic mass is 79.9. The number of benzene rings is 1. The molecule has 29 heavy (non-hydrogen) atoms. The molecule has 0 aliphatic carbocycles. The van der Waals surface area contributed by atoms with Crippen LogP contribution in [0.2, 0.25) is 0 Å². The minimum Gasteiger partial charge on any atom is -0.478 e. The Labute approximate surface area is 170 Å². The molecule has 156 valence electrons. The van der Waals surface area contributed by atoms with Gasteiger partial charge in [-0.25, -0.2) is 17.9 Å². The van der Waals surface area contributed by atoms with Crippen molar-refractivity contribution >= 4 is 36.9 Å². The van der Waals surface area contributed by atoms with E-state index in [0.717, 1.165) is 25.0 Å². The van der Waals surface area contributed by atoms with Crippen molar-refractivity contribution in [2.24, 2.45) is 5.14 Å². The molecule has 0 saturated heterocycles. The van der Waals surface area contributed by atoms with Gasteiger partial charge in [0, 0.05) is 11.6 Å². The molecule has 0 saturated carbocycles. The molecule has 0 unspecified atom stereocenters. The third kappa shape index (κ3) is 3.82. The summed E-state index contributed by atoms with van der Waals surface area (Å²) in [6.45, 7) is -3.22. The van der Waals surface area contributed by atoms with Crippen molar-refractivity contribution in [2.45, 2.75) is 11.5 Å². The number of alkyl halides is 2. The minimum absolute atomic E-state index is 0.0295. The summed E-state index contributed by atoms with van der Waals surface area (Å²) in [6.07, 6.45) is 0.997. The summed E-state index contributed by atoms with van der Waals surface area (Å²) in [5.74, 6) is -2.63. The first-order chi connectivity index (χ1) is 13.6. The van der Waals surface area contributed by atoms with Gasteiger partial charge in [-0.1, -0.05) is 6.07 Å². The zero-order chi connectivity index (χ0) is 21.5. The van der Waals surface area contributed by atoms with Gasteiger partial charge in [0.15, 0.2) is 5.82 Å². The second-order valence-electron chi connectivity index (χ2n) is 5.42. The average Bonchev–Trinajstić information content (AvgIpc) is 3.05. The lowest BCUT2D eigenvalue weighted by molar-refractivity contribution is -0.0534. The van der Waals surface area contributed by atoms with Crippen LogP contribution in [0.15, 0.2) is 27.7 Å². The molecule has 0 bridgehead atoms. The Kier molecular flexibility index (Phi) is 5.60. The summed E-state index contributed by atoms with van der Waals surface area (Å²) >= 11 is 3.02. The number of rotatable bonds is 6. The first kappa shape index (κ1) is 21.1. The number of halogens is 4. The molecule has 3 rings (SSSR count). The van der Waals surface area contributed by atoms with Crippen LogP contribution in [-0.4, -0.2) is 43.8 Å². The van der Waals surface area contributed by atoms with Crippen molar-refractivity contribution in [3.63, 3.8) is 0 Å². The van der Waals surface area contributed by atoms with Gasteiger partial charge in [0.25, 0.3) is 11.8 Å². The number of primary sulfonamides is 1. The van der Waals surface area contributed by atoms with Gasteiger partial charge < -0.3 is 14.2 Å². The van der Waals surface area contributed by atoms with E-state index in [1.807, 2.05) is 0 Å². The van der Waals surface area contributed by atoms with Crippen LogP contribution in [0.25, 0.3) is 16.9 Å². The smallest absolute Gasteiger partial charge is 0.387 e. The van der Waals surface area contributed by atoms with Crippen molar-refractivity contribution < 1.29 is 35.8 Å². The molecule has 0 spiro atoms. The summed E-state index contributed by atoms with van der Waals surface area (Å²) in [5.41, 5.74) is -0.227. The molecular weight excluding hydrogens is 485 g/mol. The van der Waals surface area contributed by atoms with E-state index in [2.05, 4.69) is 30.6 Å². The number of fused-ring (bicyclic) bond motifs is 1. The fourth-order valence-electron chi connectivity index (χ4n) is 2.58. The predicted octanol–water partition coefficient (Wildman–Crippen LogP) is 2.59. The summed E-state index contributed by atoms with van der Waals surface area (Å²) in [6, 6.07) is 2.64. The van der Waals surface area contributed by atoms with Gasteiger partial charge in [0.1, 0.15) is 4.90 Å². The van der Waals surface area contributed by atoms with E-state index in [9.17, 15) is 21.6 Å². The zero-order valence-corrected chi connectivity index (χ0v) is 17.1. The minimum atomic E-state index is -4.25. The average molecular weight is 497 g/mol. The van der Waals surface area contributed by atoms with Crippen LogP contribution >= 0.6 is 15.9 Å². The number of hydrogen-bond acceptors (Lipinski definition) is 7. The Morgan fingerprint density at radius 1 is 1.17 bits per heavy atom. The largest absolute Gasteiger partial charge is 0.478 e. The van der Waals surface area contributed by atoms with E-state index >= 15 is 0 Å². The molecule has 0 amide bonds. The highest BCUT2D eigenvalue weighted by Gasteiger charge is 2.26. The first-order valence-electron chi connectivity index (χ1n) is 7.55. The van der Waals surface area contributed by atoms with Crippen LogP contribution in [0.5, 0.6) is 17.5 Å². The van der Waals surface area contributed by atoms with Gasteiger partial charge in [0.05, 0.1) is 24.2 Å². The molecule has 3 aromatic rings. The molecule has 2 heterocycles. The van der Waals surface area contributed by atoms with Crippen molar-refractivity contribution in [3.05, 3.63) is 28.6 Å². The van der Waals surface area contributed by atoms with Crippen LogP contribution in [0.4, 0.5) is 13.2 Å². The lowest BCUT2D eigenvalue weighted by atomic mass is 10.2. The molecule has 0 aliphatic rings. The maximum atomic E-state index is 14.8. The van der Waals surface area contributed by atoms with E-state index in [1.54, 1.807) is 0 Å². The second-order valence-corrected chi connectivity index (χ2v) is 7.80. The summed E-state index contributed by atoms with van der Waals surface area (Å²) in [5, 5.41) is 5.19. The SMILES string of the molecule is COc1nc(-n2cc(S(N)(=O)=O)c3ccc(Br)c(F)c32)nc(OC)c1OC(F)F. The maximum Gasteiger partial charge on any atom is 0.387 e. The third-order valence-corrected chi connectivity index (χ3v) is 5.28. The number of aromatic nitrogens is 3. The Bertz CT molecular complexity index is 1180. The number of nitrogens with two attached hydrogens (primary N) is 1. The van der Waals surface area contributed by atoms with Crippen molar-refractivity contribution in [3.8, 4) is 23.5 Å². The molecule has 0 aliphatic heterocycles. The number of ether oxygens (including phenoxy) is 3. The normalized spacial score (nSPS) is 11.9. The van der Waals surface area contributed by atoms with Crippen LogP contribution in [0.1, 0.15) is 0 Å². The molecule has 0 atom stereocenters. The highest BCUT2D eigenvalue weighted by Crippen LogP contribution is 2.38. The molecule has 2 aromatic heterocycles. The number of nitrogens with zero attached hydrogens (tertiary/aromatic N) is 3. The summed E-state index contributed by atoms with van der Waals surface area (Å²) in [7, 11) is -1.99. The highest BCUT2D eigenvalue weighted by molar-refractivity contribution is 9.10. The number of sulfonamides is 1. The van der Waals surface area contributed by atoms with E-state index in [0.29, 0.717) is 0 Å². The van der Waals surface area contributed by atoms with Gasteiger partial charge >= 0.3 is 6.61 Å². The van der Waals surface area contributed by atoms with Gasteiger partial charge in [-0.2, -0.15) is 18.7 Å². The van der Waals surface area contributed by atoms with Gasteiger partial charge in [-0.15, -0.1) is 0 Å². The van der Waals surface area contributed by atoms with Gasteiger partial charge in [-0.05, 0) is 22.0 Å². The van der Waals surface area contributed by atoms with Crippen LogP contribution < -0.4 is 19.3 Å². The summed E-state index contributed by atoms with van der Waals surface area (Å²) < 4.78 is 79.3. The number of methoxy groups -OCH3 is 2. The Morgan fingerprint density at radius 2 is 1.76 bits per heavy atom. The van der Waals surface area contributed by atoms with Crippen LogP contribution in [-0.2, 0) is 10.0 Å². The van der Waals surface area contributed by atoms with E-state index < -0.39 is 44.9 Å². The predicted molar refractivity (Wildman–Crippen MR) is 97.6 cm³/mol. The van der Waals surface area contributed by atoms with Crippen LogP contribution in [0, 0.1) is 5.82 Å². The van der Waals surface area contributed by atoms with Crippen LogP contribution in [0.3, 0.4) is 0 Å². The summed E-state index contributed by atoms with van der Waals surface area (Å²) in [4.78, 5) is 7.43. The molecule has 0 radical (unpaired) electrons. The lowest BCUT2D eigenvalue weighted by Gasteiger charge is -2.14. The van der Waals surface area contributed by atoms with E-state index in [1.165, 1.54) is 12.1 Å². The standard InChI is InChI=1S/C15H12BrF3N4O5S/c1-26-12-11(28-14(18)19)13(27-2)22-15(21-12)23-5-8(29(20,24)25)6-3-4-7(16)9(17)10(6)23/h3-5,14H,1-2H3,(H2,20,24,25). The Morgan fingerprint density at radius 3 is 2.24 bits per heavy atom. The first-order valence-corrected chi connectivity index (χ1v) is 9.89. The molecule has 0 fully saturated rings. The molecule has 9 nitrogen and oxygen atoms in total. The lowest BCUT2D eigenvalue weighted by Crippen LogP contribution is -2.12. The Hall–Kier alpha value is -2.58. The van der Waals surface area contributed by atoms with Gasteiger partial charge in [0.2, 0.25) is 21.7 Å². The Balaban J connectivity index is 2.38. The molecular formula is C15H12BrF3N4O5S. The van der Waals surface area contributed by atoms with Crippen molar-refractivity contribution in [1.82, 2.24) is 14.5 Å². The second kappa shape index (κ2) is 7.68. The monoisotopic (exact) mass is 496 g/mol. The molecule has 14 heteroatoms. The van der Waals surface area contributed by atoms with Crippen molar-refractivity contribution in [2.75, 3.05) is 14.2 Å². The van der Waals surface area contributed by atoms with Crippen molar-refractivity contribution in [1.29, 1.82) is 0 Å². The fourth-order valence-corrected chi connectivity index (χ4v) is 3.63. The van der Waals surface area contributed by atoms with E-state index in [-0.39, 0.29) is 21.3 Å². The zero-order valence-electron chi connectivity index (χ0n) is 14.7. The molecule has 1 aromatic carbocycles. The third-order valence-electron chi connectivity index (χ3n) is 3.73. The van der Waals surface area contributed by atoms with Gasteiger partial charge in [-0.3, -0.25) is 4.57 Å². The maximum absolute atomic E-state index is 14.8.